The molecular formula is C22H20N4O3S. The minimum absolute atomic E-state index is 0.0747. The number of hydrogen-bond acceptors (Lipinski definition) is 6. The topological polar surface area (TPSA) is 83.6 Å². The Morgan fingerprint density at radius 1 is 1.07 bits per heavy atom. The van der Waals surface area contributed by atoms with E-state index in [9.17, 15) is 9.59 Å². The molecule has 3 aromatic rings. The van der Waals surface area contributed by atoms with E-state index in [0.717, 1.165) is 16.1 Å². The number of rotatable bonds is 2. The van der Waals surface area contributed by atoms with Crippen molar-refractivity contribution in [3.63, 3.8) is 0 Å². The normalized spacial score (nSPS) is 17.1. The van der Waals surface area contributed by atoms with Crippen LogP contribution in [0.3, 0.4) is 0 Å². The van der Waals surface area contributed by atoms with Crippen molar-refractivity contribution in [1.82, 2.24) is 15.2 Å². The molecule has 1 saturated heterocycles. The fourth-order valence-electron chi connectivity index (χ4n) is 3.85. The number of hydrogen-bond donors (Lipinski definition) is 2. The van der Waals surface area contributed by atoms with Gasteiger partial charge >= 0.3 is 6.09 Å². The van der Waals surface area contributed by atoms with Gasteiger partial charge in [-0.05, 0) is 35.9 Å². The zero-order valence-corrected chi connectivity index (χ0v) is 16.9. The maximum absolute atomic E-state index is 12.8. The van der Waals surface area contributed by atoms with Crippen LogP contribution in [0.5, 0.6) is 5.75 Å². The first-order valence-corrected chi connectivity index (χ1v) is 10.6. The number of anilines is 1. The minimum Gasteiger partial charge on any atom is -0.410 e. The van der Waals surface area contributed by atoms with Gasteiger partial charge < -0.3 is 20.3 Å². The molecule has 0 radical (unpaired) electrons. The molecule has 0 saturated carbocycles. The van der Waals surface area contributed by atoms with Crippen LogP contribution in [0.1, 0.15) is 22.5 Å². The smallest absolute Gasteiger partial charge is 0.410 e. The number of piperidine rings is 1. The molecule has 2 aliphatic rings. The molecule has 8 heteroatoms. The first-order chi connectivity index (χ1) is 14.6. The lowest BCUT2D eigenvalue weighted by atomic mass is 9.94. The summed E-state index contributed by atoms with van der Waals surface area (Å²) in [4.78, 5) is 32.7. The van der Waals surface area contributed by atoms with E-state index in [1.807, 2.05) is 36.4 Å². The van der Waals surface area contributed by atoms with Crippen molar-refractivity contribution >= 4 is 29.0 Å². The molecule has 2 N–H and O–H groups in total. The van der Waals surface area contributed by atoms with Gasteiger partial charge in [0.2, 0.25) is 0 Å². The van der Waals surface area contributed by atoms with Crippen LogP contribution in [0, 0.1) is 0 Å². The van der Waals surface area contributed by atoms with Crippen molar-refractivity contribution in [3.05, 3.63) is 65.8 Å². The fourth-order valence-corrected chi connectivity index (χ4v) is 4.86. The number of likely N-dealkylation sites (tertiary alicyclic amines) is 1. The maximum Gasteiger partial charge on any atom is 0.415 e. The largest absolute Gasteiger partial charge is 0.415 e. The van der Waals surface area contributed by atoms with Gasteiger partial charge in [-0.2, -0.15) is 0 Å². The number of para-hydroxylation sites is 1. The lowest BCUT2D eigenvalue weighted by molar-refractivity contribution is 0.0830. The lowest BCUT2D eigenvalue weighted by Gasteiger charge is -2.44. The van der Waals surface area contributed by atoms with Crippen molar-refractivity contribution in [1.29, 1.82) is 0 Å². The van der Waals surface area contributed by atoms with Gasteiger partial charge in [-0.3, -0.25) is 9.78 Å². The Hall–Kier alpha value is -3.39. The second kappa shape index (κ2) is 7.46. The third-order valence-electron chi connectivity index (χ3n) is 5.45. The van der Waals surface area contributed by atoms with Crippen molar-refractivity contribution in [2.75, 3.05) is 18.4 Å². The van der Waals surface area contributed by atoms with Crippen LogP contribution >= 0.6 is 11.3 Å². The molecule has 2 aromatic heterocycles. The second-order valence-corrected chi connectivity index (χ2v) is 8.47. The van der Waals surface area contributed by atoms with Crippen molar-refractivity contribution < 1.29 is 14.3 Å². The summed E-state index contributed by atoms with van der Waals surface area (Å²) < 4.78 is 5.44. The Bertz CT molecular complexity index is 1080. The van der Waals surface area contributed by atoms with Crippen LogP contribution < -0.4 is 15.4 Å². The highest BCUT2D eigenvalue weighted by Crippen LogP contribution is 2.40. The molecule has 1 aromatic carbocycles. The van der Waals surface area contributed by atoms with Gasteiger partial charge in [0, 0.05) is 43.2 Å². The molecule has 1 spiro atoms. The molecule has 2 amide bonds. The quantitative estimate of drug-likeness (QED) is 0.656. The Morgan fingerprint density at radius 3 is 2.53 bits per heavy atom. The summed E-state index contributed by atoms with van der Waals surface area (Å²) in [6, 6.07) is 14.9. The van der Waals surface area contributed by atoms with Gasteiger partial charge in [-0.15, -0.1) is 11.3 Å². The number of carbonyl (C=O) groups is 2. The number of amides is 2. The predicted molar refractivity (Wildman–Crippen MR) is 115 cm³/mol. The molecular weight excluding hydrogens is 400 g/mol. The van der Waals surface area contributed by atoms with E-state index in [4.69, 9.17) is 4.74 Å². The van der Waals surface area contributed by atoms with Crippen LogP contribution in [0.15, 0.2) is 60.9 Å². The Labute approximate surface area is 177 Å². The Kier molecular flexibility index (Phi) is 4.63. The number of carbonyl (C=O) groups excluding carboxylic acids is 2. The molecule has 30 heavy (non-hydrogen) atoms. The van der Waals surface area contributed by atoms with E-state index in [0.29, 0.717) is 36.6 Å². The molecule has 0 unspecified atom stereocenters. The van der Waals surface area contributed by atoms with Gasteiger partial charge in [0.1, 0.15) is 16.3 Å². The minimum atomic E-state index is -0.551. The van der Waals surface area contributed by atoms with Crippen LogP contribution in [-0.2, 0) is 0 Å². The van der Waals surface area contributed by atoms with Crippen molar-refractivity contribution in [2.45, 2.75) is 18.5 Å². The number of thiophene rings is 1. The average Bonchev–Trinajstić information content (AvgIpc) is 3.20. The SMILES string of the molecule is O=C1NC2(CCN(C(=O)Oc3ccccc3)CC2)Nc2cc(-c3ccncc3)sc21. The molecule has 152 valence electrons. The zero-order chi connectivity index (χ0) is 20.6. The van der Waals surface area contributed by atoms with Crippen molar-refractivity contribution in [3.8, 4) is 16.2 Å². The molecule has 0 atom stereocenters. The highest BCUT2D eigenvalue weighted by Gasteiger charge is 2.42. The number of benzene rings is 1. The van der Waals surface area contributed by atoms with E-state index in [-0.39, 0.29) is 12.0 Å². The summed E-state index contributed by atoms with van der Waals surface area (Å²) in [6.07, 6.45) is 4.32. The van der Waals surface area contributed by atoms with Gasteiger partial charge in [0.15, 0.2) is 0 Å². The summed E-state index contributed by atoms with van der Waals surface area (Å²) in [7, 11) is 0. The van der Waals surface area contributed by atoms with E-state index in [1.54, 1.807) is 29.4 Å². The van der Waals surface area contributed by atoms with E-state index in [2.05, 4.69) is 15.6 Å². The highest BCUT2D eigenvalue weighted by molar-refractivity contribution is 7.18. The molecule has 0 bridgehead atoms. The number of aromatic nitrogens is 1. The van der Waals surface area contributed by atoms with E-state index >= 15 is 0 Å². The highest BCUT2D eigenvalue weighted by atomic mass is 32.1. The molecule has 0 aliphatic carbocycles. The lowest BCUT2D eigenvalue weighted by Crippen LogP contribution is -2.62. The summed E-state index contributed by atoms with van der Waals surface area (Å²) in [6.45, 7) is 0.991. The maximum atomic E-state index is 12.8. The summed E-state index contributed by atoms with van der Waals surface area (Å²) in [5, 5.41) is 6.66. The number of nitrogens with zero attached hydrogens (tertiary/aromatic N) is 2. The van der Waals surface area contributed by atoms with Gasteiger partial charge in [0.05, 0.1) is 5.69 Å². The monoisotopic (exact) mass is 420 g/mol. The van der Waals surface area contributed by atoms with Crippen LogP contribution in [0.25, 0.3) is 10.4 Å². The number of fused-ring (bicyclic) bond motifs is 1. The molecule has 1 fully saturated rings. The Balaban J connectivity index is 1.28. The van der Waals surface area contributed by atoms with Crippen LogP contribution in [-0.4, -0.2) is 40.6 Å². The average molecular weight is 420 g/mol. The van der Waals surface area contributed by atoms with E-state index < -0.39 is 5.66 Å². The third-order valence-corrected chi connectivity index (χ3v) is 6.64. The van der Waals surface area contributed by atoms with Crippen LogP contribution in [0.4, 0.5) is 10.5 Å². The number of pyridine rings is 1. The fraction of sp³-hybridized carbons (Fsp3) is 0.227. The predicted octanol–water partition coefficient (Wildman–Crippen LogP) is 3.96. The first kappa shape index (κ1) is 18.6. The van der Waals surface area contributed by atoms with Gasteiger partial charge in [0.25, 0.3) is 5.91 Å². The van der Waals surface area contributed by atoms with Gasteiger partial charge in [-0.1, -0.05) is 18.2 Å². The zero-order valence-electron chi connectivity index (χ0n) is 16.1. The molecule has 2 aliphatic heterocycles. The first-order valence-electron chi connectivity index (χ1n) is 9.79. The summed E-state index contributed by atoms with van der Waals surface area (Å²) in [5.41, 5.74) is 1.33. The molecule has 7 nitrogen and oxygen atoms in total. The van der Waals surface area contributed by atoms with Gasteiger partial charge in [-0.25, -0.2) is 4.79 Å². The standard InChI is InChI=1S/C22H20N4O3S/c27-20-19-17(14-18(30-19)15-6-10-23-11-7-15)24-22(25-20)8-12-26(13-9-22)21(28)29-16-4-2-1-3-5-16/h1-7,10-11,14,24H,8-9,12-13H2,(H,25,27). The van der Waals surface area contributed by atoms with Crippen molar-refractivity contribution in [2.24, 2.45) is 0 Å². The third kappa shape index (κ3) is 3.50. The summed E-state index contributed by atoms with van der Waals surface area (Å²) >= 11 is 1.46. The molecule has 5 rings (SSSR count). The number of nitrogens with one attached hydrogen (secondary N) is 2. The molecule has 4 heterocycles. The Morgan fingerprint density at radius 2 is 1.80 bits per heavy atom. The van der Waals surface area contributed by atoms with Crippen LogP contribution in [0.2, 0.25) is 0 Å². The second-order valence-electron chi connectivity index (χ2n) is 7.42. The summed E-state index contributed by atoms with van der Waals surface area (Å²) in [5.74, 6) is 0.452. The van der Waals surface area contributed by atoms with E-state index in [1.165, 1.54) is 11.3 Å². The number of ether oxygens (including phenoxy) is 1.